The van der Waals surface area contributed by atoms with Gasteiger partial charge in [0.05, 0.1) is 5.41 Å². The summed E-state index contributed by atoms with van der Waals surface area (Å²) in [6.45, 7) is 3.31. The smallest absolute Gasteiger partial charge is 0.228 e. The Balaban J connectivity index is 1.55. The third kappa shape index (κ3) is 1.85. The zero-order valence-electron chi connectivity index (χ0n) is 12.4. The fraction of sp³-hybridized carbons (Fsp3) is 0.882. The number of piperidine rings is 1. The summed E-state index contributed by atoms with van der Waals surface area (Å²) in [5.74, 6) is 3.22. The van der Waals surface area contributed by atoms with Gasteiger partial charge in [-0.3, -0.25) is 9.59 Å². The first kappa shape index (κ1) is 12.8. The SMILES string of the molecule is CC1CN(C(=O)C23CC4CC(CC(C4)C2)C3)CCC1=O. The van der Waals surface area contributed by atoms with Gasteiger partial charge in [0.25, 0.3) is 0 Å². The van der Waals surface area contributed by atoms with Gasteiger partial charge in [0, 0.05) is 25.4 Å². The van der Waals surface area contributed by atoms with Crippen molar-refractivity contribution in [2.45, 2.75) is 51.9 Å². The maximum Gasteiger partial charge on any atom is 0.228 e. The minimum Gasteiger partial charge on any atom is -0.341 e. The molecule has 1 saturated heterocycles. The number of rotatable bonds is 1. The summed E-state index contributed by atoms with van der Waals surface area (Å²) in [6, 6.07) is 0. The molecule has 1 amide bonds. The Morgan fingerprint density at radius 2 is 1.65 bits per heavy atom. The lowest BCUT2D eigenvalue weighted by molar-refractivity contribution is -0.160. The summed E-state index contributed by atoms with van der Waals surface area (Å²) in [4.78, 5) is 26.8. The minimum atomic E-state index is -0.0329. The predicted octanol–water partition coefficient (Wildman–Crippen LogP) is 2.64. The van der Waals surface area contributed by atoms with Crippen LogP contribution >= 0.6 is 0 Å². The van der Waals surface area contributed by atoms with Crippen LogP contribution in [0.3, 0.4) is 0 Å². The quantitative estimate of drug-likeness (QED) is 0.738. The Morgan fingerprint density at radius 1 is 1.10 bits per heavy atom. The van der Waals surface area contributed by atoms with Gasteiger partial charge in [-0.25, -0.2) is 0 Å². The van der Waals surface area contributed by atoms with Crippen LogP contribution in [0.2, 0.25) is 0 Å². The van der Waals surface area contributed by atoms with Gasteiger partial charge in [-0.2, -0.15) is 0 Å². The summed E-state index contributed by atoms with van der Waals surface area (Å²) in [5, 5.41) is 0. The van der Waals surface area contributed by atoms with Gasteiger partial charge >= 0.3 is 0 Å². The fourth-order valence-electron chi connectivity index (χ4n) is 5.91. The largest absolute Gasteiger partial charge is 0.341 e. The van der Waals surface area contributed by atoms with E-state index in [-0.39, 0.29) is 11.3 Å². The highest BCUT2D eigenvalue weighted by atomic mass is 16.2. The first-order valence-corrected chi connectivity index (χ1v) is 8.38. The molecule has 1 heterocycles. The fourth-order valence-corrected chi connectivity index (χ4v) is 5.91. The molecule has 4 bridgehead atoms. The zero-order chi connectivity index (χ0) is 13.9. The second-order valence-corrected chi connectivity index (χ2v) is 8.07. The molecular weight excluding hydrogens is 250 g/mol. The van der Waals surface area contributed by atoms with Gasteiger partial charge in [-0.15, -0.1) is 0 Å². The van der Waals surface area contributed by atoms with Crippen molar-refractivity contribution in [1.29, 1.82) is 0 Å². The van der Waals surface area contributed by atoms with E-state index in [4.69, 9.17) is 0 Å². The van der Waals surface area contributed by atoms with Crippen molar-refractivity contribution in [3.8, 4) is 0 Å². The summed E-state index contributed by atoms with van der Waals surface area (Å²) >= 11 is 0. The Bertz CT molecular complexity index is 421. The van der Waals surface area contributed by atoms with Crippen LogP contribution in [0.25, 0.3) is 0 Å². The van der Waals surface area contributed by atoms with Crippen LogP contribution in [0.5, 0.6) is 0 Å². The van der Waals surface area contributed by atoms with Gasteiger partial charge in [0.1, 0.15) is 5.78 Å². The molecule has 5 aliphatic rings. The van der Waals surface area contributed by atoms with Crippen LogP contribution in [-0.4, -0.2) is 29.7 Å². The third-order valence-electron chi connectivity index (χ3n) is 6.45. The van der Waals surface area contributed by atoms with E-state index in [0.29, 0.717) is 31.2 Å². The van der Waals surface area contributed by atoms with Crippen molar-refractivity contribution >= 4 is 11.7 Å². The van der Waals surface area contributed by atoms with Crippen LogP contribution < -0.4 is 0 Å². The second-order valence-electron chi connectivity index (χ2n) is 8.07. The number of likely N-dealkylation sites (tertiary alicyclic amines) is 1. The first-order chi connectivity index (χ1) is 9.56. The summed E-state index contributed by atoms with van der Waals surface area (Å²) in [6.07, 6.45) is 8.10. The first-order valence-electron chi connectivity index (χ1n) is 8.38. The number of Topliss-reactive ketones (excluding diaryl/α,β-unsaturated/α-hetero) is 1. The molecule has 0 aromatic heterocycles. The Hall–Kier alpha value is -0.860. The Kier molecular flexibility index (Phi) is 2.77. The van der Waals surface area contributed by atoms with Gasteiger partial charge < -0.3 is 4.90 Å². The second kappa shape index (κ2) is 4.32. The average molecular weight is 275 g/mol. The maximum absolute atomic E-state index is 13.1. The average Bonchev–Trinajstić information content (AvgIpc) is 2.39. The molecule has 4 saturated carbocycles. The molecule has 20 heavy (non-hydrogen) atoms. The van der Waals surface area contributed by atoms with Crippen molar-refractivity contribution in [2.24, 2.45) is 29.1 Å². The zero-order valence-corrected chi connectivity index (χ0v) is 12.4. The van der Waals surface area contributed by atoms with Crippen LogP contribution in [0.15, 0.2) is 0 Å². The van der Waals surface area contributed by atoms with Crippen LogP contribution in [0.4, 0.5) is 0 Å². The lowest BCUT2D eigenvalue weighted by Crippen LogP contribution is -2.56. The normalized spacial score (nSPS) is 46.9. The van der Waals surface area contributed by atoms with Crippen molar-refractivity contribution in [2.75, 3.05) is 13.1 Å². The van der Waals surface area contributed by atoms with Crippen molar-refractivity contribution in [3.63, 3.8) is 0 Å². The molecule has 5 fully saturated rings. The van der Waals surface area contributed by atoms with Crippen LogP contribution in [0.1, 0.15) is 51.9 Å². The van der Waals surface area contributed by atoms with Crippen LogP contribution in [-0.2, 0) is 9.59 Å². The molecule has 3 heteroatoms. The van der Waals surface area contributed by atoms with Gasteiger partial charge in [-0.05, 0) is 56.3 Å². The summed E-state index contributed by atoms with van der Waals surface area (Å²) < 4.78 is 0. The van der Waals surface area contributed by atoms with E-state index in [1.54, 1.807) is 0 Å². The Labute approximate surface area is 121 Å². The van der Waals surface area contributed by atoms with Gasteiger partial charge in [0.15, 0.2) is 0 Å². The number of hydrogen-bond acceptors (Lipinski definition) is 2. The number of hydrogen-bond donors (Lipinski definition) is 0. The van der Waals surface area contributed by atoms with Crippen molar-refractivity contribution in [3.05, 3.63) is 0 Å². The predicted molar refractivity (Wildman–Crippen MR) is 76.0 cm³/mol. The van der Waals surface area contributed by atoms with Crippen molar-refractivity contribution < 1.29 is 9.59 Å². The van der Waals surface area contributed by atoms with E-state index in [1.807, 2.05) is 11.8 Å². The molecular formula is C17H25NO2. The molecule has 0 radical (unpaired) electrons. The van der Waals surface area contributed by atoms with E-state index < -0.39 is 0 Å². The molecule has 5 rings (SSSR count). The molecule has 1 unspecified atom stereocenters. The van der Waals surface area contributed by atoms with Gasteiger partial charge in [-0.1, -0.05) is 6.92 Å². The number of carbonyl (C=O) groups is 2. The number of carbonyl (C=O) groups excluding carboxylic acids is 2. The van der Waals surface area contributed by atoms with E-state index in [9.17, 15) is 9.59 Å². The molecule has 0 spiro atoms. The topological polar surface area (TPSA) is 37.4 Å². The molecule has 0 N–H and O–H groups in total. The molecule has 110 valence electrons. The monoisotopic (exact) mass is 275 g/mol. The maximum atomic E-state index is 13.1. The van der Waals surface area contributed by atoms with Crippen LogP contribution in [0, 0.1) is 29.1 Å². The summed E-state index contributed by atoms with van der Waals surface area (Å²) in [5.41, 5.74) is -0.0329. The third-order valence-corrected chi connectivity index (χ3v) is 6.45. The molecule has 3 nitrogen and oxygen atoms in total. The minimum absolute atomic E-state index is 0.0329. The molecule has 4 aliphatic carbocycles. The van der Waals surface area contributed by atoms with E-state index in [1.165, 1.54) is 19.3 Å². The van der Waals surface area contributed by atoms with E-state index >= 15 is 0 Å². The number of ketones is 1. The Morgan fingerprint density at radius 3 is 2.15 bits per heavy atom. The highest BCUT2D eigenvalue weighted by Crippen LogP contribution is 2.60. The summed E-state index contributed by atoms with van der Waals surface area (Å²) in [7, 11) is 0. The van der Waals surface area contributed by atoms with E-state index in [0.717, 1.165) is 37.0 Å². The van der Waals surface area contributed by atoms with E-state index in [2.05, 4.69) is 0 Å². The molecule has 1 aliphatic heterocycles. The lowest BCUT2D eigenvalue weighted by Gasteiger charge is -2.57. The van der Waals surface area contributed by atoms with Gasteiger partial charge in [0.2, 0.25) is 5.91 Å². The number of amides is 1. The highest BCUT2D eigenvalue weighted by molar-refractivity contribution is 5.87. The molecule has 0 aromatic rings. The standard InChI is InChI=1S/C17H25NO2/c1-11-10-18(3-2-15(11)19)16(20)17-7-12-4-13(8-17)6-14(5-12)9-17/h11-14H,2-10H2,1H3. The number of nitrogens with zero attached hydrogens (tertiary/aromatic N) is 1. The molecule has 1 atom stereocenters. The molecule has 0 aromatic carbocycles. The lowest BCUT2D eigenvalue weighted by atomic mass is 9.49. The highest BCUT2D eigenvalue weighted by Gasteiger charge is 2.55. The van der Waals surface area contributed by atoms with Crippen molar-refractivity contribution in [1.82, 2.24) is 4.90 Å².